The number of anilines is 2. The quantitative estimate of drug-likeness (QED) is 0.796. The minimum Gasteiger partial charge on any atom is -0.383 e. The van der Waals surface area contributed by atoms with Crippen molar-refractivity contribution in [3.8, 4) is 0 Å². The molecule has 2 aromatic heterocycles. The highest BCUT2D eigenvalue weighted by Crippen LogP contribution is 2.20. The summed E-state index contributed by atoms with van der Waals surface area (Å²) in [5, 5.41) is 11.0. The van der Waals surface area contributed by atoms with Gasteiger partial charge in [-0.25, -0.2) is 4.98 Å². The van der Waals surface area contributed by atoms with E-state index in [0.29, 0.717) is 11.9 Å². The highest BCUT2D eigenvalue weighted by molar-refractivity contribution is 9.10. The normalized spacial score (nSPS) is 19.1. The van der Waals surface area contributed by atoms with E-state index in [-0.39, 0.29) is 0 Å². The fourth-order valence-corrected chi connectivity index (χ4v) is 2.78. The van der Waals surface area contributed by atoms with Crippen molar-refractivity contribution < 1.29 is 0 Å². The third-order valence-corrected chi connectivity index (χ3v) is 3.98. The number of halogens is 1. The van der Waals surface area contributed by atoms with Crippen LogP contribution in [-0.4, -0.2) is 33.7 Å². The molecule has 1 aliphatic heterocycles. The van der Waals surface area contributed by atoms with Crippen LogP contribution >= 0.6 is 15.9 Å². The van der Waals surface area contributed by atoms with E-state index >= 15 is 0 Å². The Balaban J connectivity index is 1.68. The topological polar surface area (TPSA) is 80.3 Å². The molecule has 4 N–H and O–H groups in total. The number of aromatic nitrogens is 3. The van der Waals surface area contributed by atoms with Gasteiger partial charge in [0, 0.05) is 18.7 Å². The van der Waals surface area contributed by atoms with E-state index in [9.17, 15) is 0 Å². The summed E-state index contributed by atoms with van der Waals surface area (Å²) < 4.78 is 2.47. The van der Waals surface area contributed by atoms with Crippen LogP contribution in [0, 0.1) is 0 Å². The van der Waals surface area contributed by atoms with Gasteiger partial charge in [-0.15, -0.1) is 0 Å². The molecule has 0 aliphatic carbocycles. The second-order valence-corrected chi connectivity index (χ2v) is 5.66. The van der Waals surface area contributed by atoms with Crippen LogP contribution in [0.2, 0.25) is 0 Å². The lowest BCUT2D eigenvalue weighted by Gasteiger charge is -2.11. The van der Waals surface area contributed by atoms with E-state index in [2.05, 4.69) is 36.6 Å². The molecule has 0 radical (unpaired) electrons. The Kier molecular flexibility index (Phi) is 3.56. The highest BCUT2D eigenvalue weighted by atomic mass is 79.9. The third-order valence-electron chi connectivity index (χ3n) is 3.42. The van der Waals surface area contributed by atoms with Gasteiger partial charge in [0.25, 0.3) is 0 Å². The summed E-state index contributed by atoms with van der Waals surface area (Å²) in [7, 11) is 0. The van der Waals surface area contributed by atoms with Crippen molar-refractivity contribution in [2.45, 2.75) is 25.3 Å². The Morgan fingerprint density at radius 3 is 3.26 bits per heavy atom. The molecule has 6 nitrogen and oxygen atoms in total. The second kappa shape index (κ2) is 5.34. The van der Waals surface area contributed by atoms with Gasteiger partial charge >= 0.3 is 0 Å². The van der Waals surface area contributed by atoms with Crippen LogP contribution < -0.4 is 16.4 Å². The van der Waals surface area contributed by atoms with Gasteiger partial charge in [-0.05, 0) is 41.7 Å². The number of hydrogen-bond acceptors (Lipinski definition) is 5. The predicted octanol–water partition coefficient (Wildman–Crippen LogP) is 1.63. The molecule has 3 heterocycles. The third kappa shape index (κ3) is 2.66. The molecule has 1 saturated heterocycles. The standard InChI is InChI=1S/C12H17BrN6/c13-9-7-17-19-10(14)6-11(18-12(9)19)16-5-3-8-2-1-4-15-8/h6-8,15H,1-5,14H2,(H,16,18)/t8-/m1/s1. The number of nitrogens with zero attached hydrogens (tertiary/aromatic N) is 3. The first-order valence-corrected chi connectivity index (χ1v) is 7.30. The van der Waals surface area contributed by atoms with E-state index in [0.717, 1.165) is 35.4 Å². The SMILES string of the molecule is Nc1cc(NCC[C@H]2CCCN2)nc2c(Br)cnn12. The highest BCUT2D eigenvalue weighted by Gasteiger charge is 2.13. The van der Waals surface area contributed by atoms with Crippen LogP contribution in [0.25, 0.3) is 5.65 Å². The lowest BCUT2D eigenvalue weighted by Crippen LogP contribution is -2.24. The summed E-state index contributed by atoms with van der Waals surface area (Å²) >= 11 is 3.42. The van der Waals surface area contributed by atoms with E-state index in [1.54, 1.807) is 10.7 Å². The molecule has 7 heteroatoms. The average molecular weight is 325 g/mol. The summed E-state index contributed by atoms with van der Waals surface area (Å²) in [5.41, 5.74) is 6.69. The van der Waals surface area contributed by atoms with E-state index in [4.69, 9.17) is 5.73 Å². The fraction of sp³-hybridized carbons (Fsp3) is 0.500. The van der Waals surface area contributed by atoms with Crippen LogP contribution in [0.5, 0.6) is 0 Å². The number of nitrogens with two attached hydrogens (primary N) is 1. The minimum absolute atomic E-state index is 0.581. The molecule has 0 aromatic carbocycles. The summed E-state index contributed by atoms with van der Waals surface area (Å²) in [5.74, 6) is 1.38. The lowest BCUT2D eigenvalue weighted by molar-refractivity contribution is 0.574. The number of hydrogen-bond donors (Lipinski definition) is 3. The maximum atomic E-state index is 5.95. The van der Waals surface area contributed by atoms with Crippen molar-refractivity contribution in [2.75, 3.05) is 24.1 Å². The molecule has 1 aliphatic rings. The Labute approximate surface area is 119 Å². The van der Waals surface area contributed by atoms with E-state index in [1.165, 1.54) is 12.8 Å². The smallest absolute Gasteiger partial charge is 0.173 e. The number of fused-ring (bicyclic) bond motifs is 1. The van der Waals surface area contributed by atoms with Crippen LogP contribution in [0.3, 0.4) is 0 Å². The van der Waals surface area contributed by atoms with Gasteiger partial charge in [0.15, 0.2) is 5.65 Å². The number of nitrogen functional groups attached to an aromatic ring is 1. The van der Waals surface area contributed by atoms with Crippen molar-refractivity contribution in [1.82, 2.24) is 19.9 Å². The molecule has 1 atom stereocenters. The van der Waals surface area contributed by atoms with Crippen LogP contribution in [0.1, 0.15) is 19.3 Å². The first-order valence-electron chi connectivity index (χ1n) is 6.51. The van der Waals surface area contributed by atoms with Crippen LogP contribution in [0.4, 0.5) is 11.6 Å². The van der Waals surface area contributed by atoms with Gasteiger partial charge < -0.3 is 16.4 Å². The van der Waals surface area contributed by atoms with Gasteiger partial charge in [-0.2, -0.15) is 9.61 Å². The summed E-state index contributed by atoms with van der Waals surface area (Å²) in [6.07, 6.45) is 5.35. The fourth-order valence-electron chi connectivity index (χ4n) is 2.43. The van der Waals surface area contributed by atoms with Crippen LogP contribution in [-0.2, 0) is 0 Å². The molecular weight excluding hydrogens is 308 g/mol. The zero-order chi connectivity index (χ0) is 13.2. The van der Waals surface area contributed by atoms with Crippen molar-refractivity contribution in [2.24, 2.45) is 0 Å². The second-order valence-electron chi connectivity index (χ2n) is 4.80. The lowest BCUT2D eigenvalue weighted by atomic mass is 10.1. The zero-order valence-corrected chi connectivity index (χ0v) is 12.2. The van der Waals surface area contributed by atoms with Crippen molar-refractivity contribution >= 4 is 33.2 Å². The average Bonchev–Trinajstić information content (AvgIpc) is 3.01. The largest absolute Gasteiger partial charge is 0.383 e. The van der Waals surface area contributed by atoms with E-state index in [1.807, 2.05) is 6.07 Å². The molecule has 1 fully saturated rings. The Morgan fingerprint density at radius 1 is 1.58 bits per heavy atom. The van der Waals surface area contributed by atoms with Gasteiger partial charge in [0.1, 0.15) is 11.6 Å². The molecule has 19 heavy (non-hydrogen) atoms. The molecule has 0 spiro atoms. The molecule has 0 saturated carbocycles. The van der Waals surface area contributed by atoms with Crippen molar-refractivity contribution in [3.05, 3.63) is 16.7 Å². The number of nitrogens with one attached hydrogen (secondary N) is 2. The monoisotopic (exact) mass is 324 g/mol. The molecule has 102 valence electrons. The zero-order valence-electron chi connectivity index (χ0n) is 10.6. The molecule has 0 unspecified atom stereocenters. The molecule has 2 aromatic rings. The molecule has 0 bridgehead atoms. The Bertz CT molecular complexity index is 575. The maximum Gasteiger partial charge on any atom is 0.173 e. The first kappa shape index (κ1) is 12.7. The van der Waals surface area contributed by atoms with Gasteiger partial charge in [-0.3, -0.25) is 0 Å². The summed E-state index contributed by atoms with van der Waals surface area (Å²) in [6.45, 7) is 2.04. The summed E-state index contributed by atoms with van der Waals surface area (Å²) in [6, 6.07) is 2.45. The van der Waals surface area contributed by atoms with Crippen LogP contribution in [0.15, 0.2) is 16.7 Å². The van der Waals surface area contributed by atoms with Crippen molar-refractivity contribution in [1.29, 1.82) is 0 Å². The van der Waals surface area contributed by atoms with Crippen molar-refractivity contribution in [3.63, 3.8) is 0 Å². The summed E-state index contributed by atoms with van der Waals surface area (Å²) in [4.78, 5) is 4.50. The minimum atomic E-state index is 0.581. The predicted molar refractivity (Wildman–Crippen MR) is 79.2 cm³/mol. The Hall–Kier alpha value is -1.34. The molecular formula is C12H17BrN6. The Morgan fingerprint density at radius 2 is 2.47 bits per heavy atom. The van der Waals surface area contributed by atoms with E-state index < -0.39 is 0 Å². The van der Waals surface area contributed by atoms with Gasteiger partial charge in [0.2, 0.25) is 0 Å². The maximum absolute atomic E-state index is 5.95. The molecule has 3 rings (SSSR count). The van der Waals surface area contributed by atoms with Gasteiger partial charge in [0.05, 0.1) is 10.7 Å². The first-order chi connectivity index (χ1) is 9.24. The molecule has 0 amide bonds. The van der Waals surface area contributed by atoms with Gasteiger partial charge in [-0.1, -0.05) is 0 Å². The number of rotatable bonds is 4.